The highest BCUT2D eigenvalue weighted by molar-refractivity contribution is 7.45. The predicted octanol–water partition coefficient (Wildman–Crippen LogP) is 0.0513. The van der Waals surface area contributed by atoms with E-state index in [9.17, 15) is 0 Å². The molecule has 0 aromatic rings. The van der Waals surface area contributed by atoms with Crippen LogP contribution in [0, 0.1) is 0 Å². The molecule has 0 aliphatic rings. The van der Waals surface area contributed by atoms with Gasteiger partial charge in [-0.25, -0.2) is 4.57 Å². The lowest BCUT2D eigenvalue weighted by atomic mass is 10.3. The van der Waals surface area contributed by atoms with E-state index in [1.807, 2.05) is 27.7 Å². The fraction of sp³-hybridized carbons (Fsp3) is 1.00. The number of aliphatic hydroxyl groups is 2. The number of hydrogen-bond donors (Lipinski definition) is 5. The van der Waals surface area contributed by atoms with Gasteiger partial charge in [0.05, 0.1) is 63.6 Å². The van der Waals surface area contributed by atoms with E-state index in [1.54, 1.807) is 6.92 Å². The second kappa shape index (κ2) is 15.9. The predicted molar refractivity (Wildman–Crippen MR) is 94.7 cm³/mol. The van der Waals surface area contributed by atoms with Gasteiger partial charge in [0.15, 0.2) is 0 Å². The number of aliphatic hydroxyl groups excluding tert-OH is 2. The van der Waals surface area contributed by atoms with Crippen molar-refractivity contribution in [1.29, 1.82) is 0 Å². The van der Waals surface area contributed by atoms with Gasteiger partial charge in [0.25, 0.3) is 0 Å². The average molecular weight is 406 g/mol. The largest absolute Gasteiger partial charge is 0.466 e. The smallest absolute Gasteiger partial charge is 0.394 e. The minimum absolute atomic E-state index is 0.0105. The molecule has 5 N–H and O–H groups in total. The molecule has 0 aliphatic carbocycles. The number of phosphoric acid groups is 1. The standard InChI is InChI=1S/C15H32O6.H3O4P/c1-11(17)7-18-13(3)9-20-15(5)10-21-14(4)8-19-12(2)6-16;1-5(2,3)4/h11-17H,6-10H2,1-5H3;(H3,1,2,3,4). The van der Waals surface area contributed by atoms with Crippen LogP contribution in [0.3, 0.4) is 0 Å². The molecular weight excluding hydrogens is 371 g/mol. The summed E-state index contributed by atoms with van der Waals surface area (Å²) in [4.78, 5) is 21.6. The monoisotopic (exact) mass is 406 g/mol. The van der Waals surface area contributed by atoms with Gasteiger partial charge in [0.2, 0.25) is 0 Å². The molecule has 0 bridgehead atoms. The molecule has 5 unspecified atom stereocenters. The Balaban J connectivity index is 0. The topological polar surface area (TPSA) is 155 Å². The Bertz CT molecular complexity index is 354. The molecule has 0 rings (SSSR count). The second-order valence-electron chi connectivity index (χ2n) is 6.12. The van der Waals surface area contributed by atoms with Crippen molar-refractivity contribution in [2.45, 2.75) is 65.1 Å². The van der Waals surface area contributed by atoms with Crippen molar-refractivity contribution in [1.82, 2.24) is 0 Å². The summed E-state index contributed by atoms with van der Waals surface area (Å²) in [5, 5.41) is 18.0. The zero-order valence-electron chi connectivity index (χ0n) is 16.1. The second-order valence-corrected chi connectivity index (χ2v) is 7.15. The van der Waals surface area contributed by atoms with E-state index in [2.05, 4.69) is 0 Å². The zero-order valence-corrected chi connectivity index (χ0v) is 17.0. The van der Waals surface area contributed by atoms with Crippen molar-refractivity contribution < 1.29 is 48.4 Å². The normalized spacial score (nSPS) is 17.6. The third-order valence-electron chi connectivity index (χ3n) is 2.73. The molecule has 11 heteroatoms. The molecule has 0 radical (unpaired) electrons. The minimum atomic E-state index is -4.64. The van der Waals surface area contributed by atoms with Crippen LogP contribution in [0.1, 0.15) is 34.6 Å². The van der Waals surface area contributed by atoms with Crippen molar-refractivity contribution in [3.05, 3.63) is 0 Å². The zero-order chi connectivity index (χ0) is 20.8. The van der Waals surface area contributed by atoms with Gasteiger partial charge in [-0.05, 0) is 34.6 Å². The Kier molecular flexibility index (Phi) is 17.2. The lowest BCUT2D eigenvalue weighted by Gasteiger charge is -2.21. The third kappa shape index (κ3) is 26.1. The molecule has 0 aromatic carbocycles. The van der Waals surface area contributed by atoms with Gasteiger partial charge in [-0.15, -0.1) is 0 Å². The molecule has 0 heterocycles. The van der Waals surface area contributed by atoms with Crippen molar-refractivity contribution in [3.8, 4) is 0 Å². The molecular formula is C15H35O10P. The van der Waals surface area contributed by atoms with Crippen molar-refractivity contribution in [2.24, 2.45) is 0 Å². The molecule has 26 heavy (non-hydrogen) atoms. The first-order valence-corrected chi connectivity index (χ1v) is 9.95. The van der Waals surface area contributed by atoms with E-state index in [0.717, 1.165) is 0 Å². The fourth-order valence-electron chi connectivity index (χ4n) is 1.40. The van der Waals surface area contributed by atoms with Crippen LogP contribution < -0.4 is 0 Å². The number of ether oxygens (including phenoxy) is 4. The van der Waals surface area contributed by atoms with Crippen LogP contribution in [-0.2, 0) is 23.5 Å². The molecule has 5 atom stereocenters. The lowest BCUT2D eigenvalue weighted by molar-refractivity contribution is -0.0936. The van der Waals surface area contributed by atoms with Gasteiger partial charge in [-0.2, -0.15) is 0 Å². The number of rotatable bonds is 13. The van der Waals surface area contributed by atoms with Crippen LogP contribution in [0.25, 0.3) is 0 Å². The maximum atomic E-state index is 9.12. The van der Waals surface area contributed by atoms with Crippen molar-refractivity contribution >= 4 is 7.82 Å². The van der Waals surface area contributed by atoms with E-state index < -0.39 is 13.9 Å². The van der Waals surface area contributed by atoms with Gasteiger partial charge in [0, 0.05) is 0 Å². The summed E-state index contributed by atoms with van der Waals surface area (Å²) in [6, 6.07) is 0. The molecule has 0 aromatic heterocycles. The summed E-state index contributed by atoms with van der Waals surface area (Å²) < 4.78 is 30.9. The molecule has 0 spiro atoms. The van der Waals surface area contributed by atoms with E-state index in [1.165, 1.54) is 0 Å². The Hall–Kier alpha value is -0.130. The van der Waals surface area contributed by atoms with Crippen LogP contribution in [0.4, 0.5) is 0 Å². The van der Waals surface area contributed by atoms with Gasteiger partial charge >= 0.3 is 7.82 Å². The van der Waals surface area contributed by atoms with Crippen LogP contribution in [0.15, 0.2) is 0 Å². The Labute approximate surface area is 155 Å². The van der Waals surface area contributed by atoms with Crippen LogP contribution in [0.5, 0.6) is 0 Å². The van der Waals surface area contributed by atoms with Crippen molar-refractivity contribution in [2.75, 3.05) is 33.0 Å². The minimum Gasteiger partial charge on any atom is -0.394 e. The molecule has 0 aliphatic heterocycles. The molecule has 10 nitrogen and oxygen atoms in total. The lowest BCUT2D eigenvalue weighted by Crippen LogP contribution is -2.28. The van der Waals surface area contributed by atoms with Crippen LogP contribution in [-0.4, -0.2) is 88.4 Å². The average Bonchev–Trinajstić information content (AvgIpc) is 2.52. The van der Waals surface area contributed by atoms with Gasteiger partial charge in [-0.1, -0.05) is 0 Å². The highest BCUT2D eigenvalue weighted by atomic mass is 31.2. The van der Waals surface area contributed by atoms with Crippen LogP contribution >= 0.6 is 7.82 Å². The van der Waals surface area contributed by atoms with E-state index in [0.29, 0.717) is 26.4 Å². The summed E-state index contributed by atoms with van der Waals surface area (Å²) >= 11 is 0. The van der Waals surface area contributed by atoms with E-state index in [4.69, 9.17) is 48.4 Å². The summed E-state index contributed by atoms with van der Waals surface area (Å²) in [6.45, 7) is 11.0. The molecule has 0 saturated carbocycles. The third-order valence-corrected chi connectivity index (χ3v) is 2.73. The van der Waals surface area contributed by atoms with Gasteiger partial charge < -0.3 is 43.8 Å². The van der Waals surface area contributed by atoms with Gasteiger partial charge in [0.1, 0.15) is 0 Å². The van der Waals surface area contributed by atoms with Crippen molar-refractivity contribution in [3.63, 3.8) is 0 Å². The first-order valence-electron chi connectivity index (χ1n) is 8.38. The summed E-state index contributed by atoms with van der Waals surface area (Å²) in [6.07, 6.45) is -0.783. The van der Waals surface area contributed by atoms with E-state index in [-0.39, 0.29) is 31.0 Å². The molecule has 0 fully saturated rings. The molecule has 0 amide bonds. The first-order chi connectivity index (χ1) is 11.8. The summed E-state index contributed by atoms with van der Waals surface area (Å²) in [5.74, 6) is 0. The number of hydrogen-bond acceptors (Lipinski definition) is 7. The van der Waals surface area contributed by atoms with E-state index >= 15 is 0 Å². The fourth-order valence-corrected chi connectivity index (χ4v) is 1.40. The SMILES string of the molecule is CC(O)COC(C)COC(C)COC(C)COC(C)CO.O=P(O)(O)O. The quantitative estimate of drug-likeness (QED) is 0.265. The molecule has 0 saturated heterocycles. The Morgan fingerprint density at radius 3 is 1.23 bits per heavy atom. The first kappa shape index (κ1) is 28.1. The Morgan fingerprint density at radius 2 is 0.962 bits per heavy atom. The highest BCUT2D eigenvalue weighted by Gasteiger charge is 2.11. The highest BCUT2D eigenvalue weighted by Crippen LogP contribution is 2.25. The maximum absolute atomic E-state index is 9.12. The van der Waals surface area contributed by atoms with Gasteiger partial charge in [-0.3, -0.25) is 0 Å². The van der Waals surface area contributed by atoms with Crippen LogP contribution in [0.2, 0.25) is 0 Å². The summed E-state index contributed by atoms with van der Waals surface area (Å²) in [5.41, 5.74) is 0. The summed E-state index contributed by atoms with van der Waals surface area (Å²) in [7, 11) is -4.64. The maximum Gasteiger partial charge on any atom is 0.466 e. The Morgan fingerprint density at radius 1 is 0.692 bits per heavy atom. The molecule has 160 valence electrons.